The molecule has 7 heavy (non-hydrogen) atoms. The maximum Gasteiger partial charge on any atom is 2.00 e. The Hall–Kier alpha value is 2.75. The van der Waals surface area contributed by atoms with E-state index in [1.807, 2.05) is 0 Å². The normalized spacial score (nSPS) is 3.86. The molecule has 7 heteroatoms. The summed E-state index contributed by atoms with van der Waals surface area (Å²) < 4.78 is 0. The van der Waals surface area contributed by atoms with Crippen molar-refractivity contribution in [2.24, 2.45) is 0 Å². The van der Waals surface area contributed by atoms with Gasteiger partial charge >= 0.3 is 75.5 Å². The van der Waals surface area contributed by atoms with E-state index in [0.717, 1.165) is 0 Å². The van der Waals surface area contributed by atoms with Gasteiger partial charge in [-0.25, -0.2) is 0 Å². The van der Waals surface area contributed by atoms with Gasteiger partial charge in [0.15, 0.2) is 0 Å². The Morgan fingerprint density at radius 2 is 0.857 bits per heavy atom. The summed E-state index contributed by atoms with van der Waals surface area (Å²) in [5.41, 5.74) is 0. The summed E-state index contributed by atoms with van der Waals surface area (Å²) in [7, 11) is -2.92. The molecular weight excluding hydrogens is 174 g/mol. The molecular formula is BCa2ClO3. The molecule has 0 bridgehead atoms. The Kier molecular flexibility index (Phi) is 51.3. The SMILES string of the molecule is [Ca+2].[Ca+2].[Cl-].[O-]B([O-])[O-]. The number of rotatable bonds is 0. The van der Waals surface area contributed by atoms with Gasteiger partial charge in [0.1, 0.15) is 0 Å². The fourth-order valence-corrected chi connectivity index (χ4v) is 0. The summed E-state index contributed by atoms with van der Waals surface area (Å²) >= 11 is 0. The first-order valence-corrected chi connectivity index (χ1v) is 0.707. The minimum atomic E-state index is -2.92. The topological polar surface area (TPSA) is 69.2 Å². The standard InChI is InChI=1S/BO3.2Ca.ClH/c2-1(3)4;;;/h;;;1H/q-3;2*+2;/p-1. The predicted molar refractivity (Wildman–Crippen MR) is 17.3 cm³/mol. The molecule has 32 valence electrons. The van der Waals surface area contributed by atoms with Gasteiger partial charge in [-0.15, -0.1) is 0 Å². The zero-order chi connectivity index (χ0) is 3.58. The molecule has 0 saturated heterocycles. The van der Waals surface area contributed by atoms with Gasteiger partial charge in [0.25, 0.3) is 0 Å². The van der Waals surface area contributed by atoms with Crippen LogP contribution in [0.3, 0.4) is 0 Å². The largest absolute Gasteiger partial charge is 2.00 e. The van der Waals surface area contributed by atoms with Gasteiger partial charge in [0, 0.05) is 0 Å². The van der Waals surface area contributed by atoms with Gasteiger partial charge < -0.3 is 27.5 Å². The Balaban J connectivity index is -0.0000000150. The van der Waals surface area contributed by atoms with E-state index in [1.165, 1.54) is 0 Å². The van der Waals surface area contributed by atoms with Gasteiger partial charge in [0.05, 0.1) is 0 Å². The average Bonchev–Trinajstić information content (AvgIpc) is 0.811. The third-order valence-electron chi connectivity index (χ3n) is 0. The van der Waals surface area contributed by atoms with Crippen molar-refractivity contribution in [3.63, 3.8) is 0 Å². The second-order valence-electron chi connectivity index (χ2n) is 0.289. The molecule has 3 nitrogen and oxygen atoms in total. The van der Waals surface area contributed by atoms with E-state index in [0.29, 0.717) is 0 Å². The van der Waals surface area contributed by atoms with Crippen LogP contribution in [0.2, 0.25) is 0 Å². The smallest absolute Gasteiger partial charge is 1.00 e. The van der Waals surface area contributed by atoms with Crippen molar-refractivity contribution in [2.45, 2.75) is 0 Å². The molecule has 0 amide bonds. The molecule has 0 aliphatic carbocycles. The molecule has 0 spiro atoms. The monoisotopic (exact) mass is 174 g/mol. The summed E-state index contributed by atoms with van der Waals surface area (Å²) in [4.78, 5) is 0. The van der Waals surface area contributed by atoms with Crippen molar-refractivity contribution >= 4 is 82.8 Å². The van der Waals surface area contributed by atoms with Crippen molar-refractivity contribution in [1.29, 1.82) is 0 Å². The Bertz CT molecular complexity index is 17.7. The maximum absolute atomic E-state index is 8.42. The van der Waals surface area contributed by atoms with Crippen LogP contribution in [-0.2, 0) is 0 Å². The summed E-state index contributed by atoms with van der Waals surface area (Å²) in [5, 5.41) is 25.2. The minimum absolute atomic E-state index is 0. The van der Waals surface area contributed by atoms with Crippen molar-refractivity contribution < 1.29 is 27.5 Å². The maximum atomic E-state index is 8.42. The summed E-state index contributed by atoms with van der Waals surface area (Å²) in [6.07, 6.45) is 0. The predicted octanol–water partition coefficient (Wildman–Crippen LogP) is -7.71. The third kappa shape index (κ3) is 52.6. The van der Waals surface area contributed by atoms with Gasteiger partial charge in [-0.1, -0.05) is 0 Å². The van der Waals surface area contributed by atoms with Crippen LogP contribution in [-0.4, -0.2) is 82.8 Å². The molecule has 0 heterocycles. The van der Waals surface area contributed by atoms with Crippen molar-refractivity contribution in [3.05, 3.63) is 0 Å². The van der Waals surface area contributed by atoms with Crippen LogP contribution < -0.4 is 27.5 Å². The van der Waals surface area contributed by atoms with Gasteiger partial charge in [-0.3, -0.25) is 7.32 Å². The zero-order valence-electron chi connectivity index (χ0n) is 3.59. The molecule has 0 aromatic rings. The van der Waals surface area contributed by atoms with Gasteiger partial charge in [-0.05, 0) is 0 Å². The van der Waals surface area contributed by atoms with Crippen LogP contribution in [0.4, 0.5) is 0 Å². The number of hydrogen-bond acceptors (Lipinski definition) is 3. The van der Waals surface area contributed by atoms with Crippen molar-refractivity contribution in [2.75, 3.05) is 0 Å². The third-order valence-corrected chi connectivity index (χ3v) is 0. The first kappa shape index (κ1) is 22.6. The molecule has 0 aromatic heterocycles. The minimum Gasteiger partial charge on any atom is -1.00 e. The number of hydrogen-bond donors (Lipinski definition) is 0. The van der Waals surface area contributed by atoms with Crippen LogP contribution in [0, 0.1) is 0 Å². The second kappa shape index (κ2) is 15.9. The van der Waals surface area contributed by atoms with Crippen molar-refractivity contribution in [1.82, 2.24) is 0 Å². The van der Waals surface area contributed by atoms with Gasteiger partial charge in [0.2, 0.25) is 0 Å². The van der Waals surface area contributed by atoms with Crippen LogP contribution in [0.15, 0.2) is 0 Å². The van der Waals surface area contributed by atoms with E-state index in [-0.39, 0.29) is 87.9 Å². The fraction of sp³-hybridized carbons (Fsp3) is 0. The molecule has 0 atom stereocenters. The Morgan fingerprint density at radius 3 is 0.857 bits per heavy atom. The zero-order valence-corrected chi connectivity index (χ0v) is 8.77. The molecule has 0 aliphatic rings. The van der Waals surface area contributed by atoms with Crippen LogP contribution in [0.5, 0.6) is 0 Å². The summed E-state index contributed by atoms with van der Waals surface area (Å²) in [5.74, 6) is 0. The molecule has 0 aliphatic heterocycles. The average molecular weight is 174 g/mol. The van der Waals surface area contributed by atoms with Crippen LogP contribution in [0.1, 0.15) is 0 Å². The van der Waals surface area contributed by atoms with Gasteiger partial charge in [-0.2, -0.15) is 0 Å². The fourth-order valence-electron chi connectivity index (χ4n) is 0. The molecule has 0 rings (SSSR count). The molecule has 0 radical (unpaired) electrons. The Labute approximate surface area is 108 Å². The quantitative estimate of drug-likeness (QED) is 0.343. The van der Waals surface area contributed by atoms with E-state index in [9.17, 15) is 0 Å². The molecule has 0 saturated carbocycles. The molecule has 0 aromatic carbocycles. The van der Waals surface area contributed by atoms with E-state index >= 15 is 0 Å². The first-order chi connectivity index (χ1) is 1.73. The van der Waals surface area contributed by atoms with Crippen LogP contribution in [0.25, 0.3) is 0 Å². The Morgan fingerprint density at radius 1 is 0.857 bits per heavy atom. The summed E-state index contributed by atoms with van der Waals surface area (Å²) in [6.45, 7) is 0. The molecule has 0 N–H and O–H groups in total. The van der Waals surface area contributed by atoms with E-state index < -0.39 is 7.32 Å². The second-order valence-corrected chi connectivity index (χ2v) is 0.289. The first-order valence-electron chi connectivity index (χ1n) is 0.707. The van der Waals surface area contributed by atoms with E-state index in [2.05, 4.69) is 0 Å². The van der Waals surface area contributed by atoms with Crippen LogP contribution >= 0.6 is 0 Å². The summed E-state index contributed by atoms with van der Waals surface area (Å²) in [6, 6.07) is 0. The number of halogens is 1. The van der Waals surface area contributed by atoms with E-state index in [4.69, 9.17) is 15.1 Å². The van der Waals surface area contributed by atoms with Crippen molar-refractivity contribution in [3.8, 4) is 0 Å². The molecule has 0 fully saturated rings. The van der Waals surface area contributed by atoms with E-state index in [1.54, 1.807) is 0 Å². The molecule has 0 unspecified atom stereocenters.